The maximum absolute atomic E-state index is 13.9. The summed E-state index contributed by atoms with van der Waals surface area (Å²) in [6.45, 7) is 3.64. The number of nitriles is 1. The first-order valence-corrected chi connectivity index (χ1v) is 8.29. The van der Waals surface area contributed by atoms with Gasteiger partial charge in [0.2, 0.25) is 5.91 Å². The quantitative estimate of drug-likeness (QED) is 0.708. The Morgan fingerprint density at radius 3 is 2.78 bits per heavy atom. The zero-order valence-corrected chi connectivity index (χ0v) is 15.1. The van der Waals surface area contributed by atoms with Crippen LogP contribution in [0.15, 0.2) is 24.4 Å². The predicted octanol–water partition coefficient (Wildman–Crippen LogP) is 3.09. The first kappa shape index (κ1) is 18.5. The molecule has 138 valence electrons. The van der Waals surface area contributed by atoms with Crippen LogP contribution in [0, 0.1) is 36.8 Å². The Kier molecular flexibility index (Phi) is 4.86. The maximum Gasteiger partial charge on any atom is 0.227 e. The molecule has 1 amide bonds. The van der Waals surface area contributed by atoms with Gasteiger partial charge in [-0.2, -0.15) is 10.4 Å². The molecule has 2 heterocycles. The second-order valence-corrected chi connectivity index (χ2v) is 6.22. The number of carbonyl (C=O) groups is 1. The van der Waals surface area contributed by atoms with Crippen molar-refractivity contribution >= 4 is 17.2 Å². The minimum absolute atomic E-state index is 0.0910. The standard InChI is InChI=1S/C19H17F2N5O/c1-11-15(12(2)26-19(24-11)13(9-22)10-23-26)5-7-18(27)25(3)17-8-14(20)4-6-16(17)21/h4,6,8,10H,5,7H2,1-3H3. The molecule has 0 aliphatic heterocycles. The Morgan fingerprint density at radius 1 is 1.33 bits per heavy atom. The van der Waals surface area contributed by atoms with Crippen molar-refractivity contribution in [3.05, 3.63) is 58.5 Å². The number of carbonyl (C=O) groups excluding carboxylic acids is 1. The number of halogens is 2. The van der Waals surface area contributed by atoms with Crippen LogP contribution in [-0.4, -0.2) is 27.6 Å². The number of hydrogen-bond donors (Lipinski definition) is 0. The molecule has 3 aromatic rings. The van der Waals surface area contributed by atoms with E-state index in [0.29, 0.717) is 23.3 Å². The number of aryl methyl sites for hydroxylation is 2. The van der Waals surface area contributed by atoms with Crippen LogP contribution in [0.25, 0.3) is 5.65 Å². The van der Waals surface area contributed by atoms with E-state index < -0.39 is 11.6 Å². The zero-order valence-electron chi connectivity index (χ0n) is 15.1. The highest BCUT2D eigenvalue weighted by atomic mass is 19.1. The monoisotopic (exact) mass is 369 g/mol. The first-order valence-electron chi connectivity index (χ1n) is 8.29. The van der Waals surface area contributed by atoms with Crippen LogP contribution in [0.2, 0.25) is 0 Å². The van der Waals surface area contributed by atoms with Crippen LogP contribution < -0.4 is 4.90 Å². The highest BCUT2D eigenvalue weighted by Gasteiger charge is 2.18. The molecule has 0 saturated carbocycles. The Morgan fingerprint density at radius 2 is 2.07 bits per heavy atom. The van der Waals surface area contributed by atoms with Gasteiger partial charge >= 0.3 is 0 Å². The molecule has 0 bridgehead atoms. The normalized spacial score (nSPS) is 10.8. The lowest BCUT2D eigenvalue weighted by molar-refractivity contribution is -0.118. The second kappa shape index (κ2) is 7.11. The molecular weight excluding hydrogens is 352 g/mol. The summed E-state index contributed by atoms with van der Waals surface area (Å²) >= 11 is 0. The van der Waals surface area contributed by atoms with E-state index in [1.165, 1.54) is 13.2 Å². The minimum atomic E-state index is -0.664. The largest absolute Gasteiger partial charge is 0.313 e. The molecule has 8 heteroatoms. The van der Waals surface area contributed by atoms with E-state index in [4.69, 9.17) is 5.26 Å². The van der Waals surface area contributed by atoms with Crippen molar-refractivity contribution in [3.8, 4) is 6.07 Å². The Balaban J connectivity index is 1.83. The van der Waals surface area contributed by atoms with Crippen molar-refractivity contribution < 1.29 is 13.6 Å². The third-order valence-electron chi connectivity index (χ3n) is 4.56. The van der Waals surface area contributed by atoms with Crippen molar-refractivity contribution in [3.63, 3.8) is 0 Å². The number of benzene rings is 1. The average molecular weight is 369 g/mol. The highest BCUT2D eigenvalue weighted by Crippen LogP contribution is 2.22. The molecule has 0 fully saturated rings. The van der Waals surface area contributed by atoms with Crippen LogP contribution in [0.5, 0.6) is 0 Å². The highest BCUT2D eigenvalue weighted by molar-refractivity contribution is 5.93. The van der Waals surface area contributed by atoms with Gasteiger partial charge in [0, 0.05) is 30.9 Å². The molecular formula is C19H17F2N5O. The van der Waals surface area contributed by atoms with E-state index in [9.17, 15) is 13.6 Å². The number of aromatic nitrogens is 3. The molecule has 27 heavy (non-hydrogen) atoms. The van der Waals surface area contributed by atoms with Gasteiger partial charge in [-0.25, -0.2) is 18.3 Å². The van der Waals surface area contributed by atoms with Gasteiger partial charge in [0.05, 0.1) is 11.9 Å². The van der Waals surface area contributed by atoms with Crippen LogP contribution >= 0.6 is 0 Å². The van der Waals surface area contributed by atoms with Gasteiger partial charge in [0.1, 0.15) is 23.3 Å². The smallest absolute Gasteiger partial charge is 0.227 e. The van der Waals surface area contributed by atoms with Gasteiger partial charge in [-0.05, 0) is 38.0 Å². The number of hydrogen-bond acceptors (Lipinski definition) is 4. The number of amides is 1. The molecule has 0 aliphatic carbocycles. The topological polar surface area (TPSA) is 74.3 Å². The van der Waals surface area contributed by atoms with Gasteiger partial charge in [-0.15, -0.1) is 0 Å². The molecule has 0 spiro atoms. The summed E-state index contributed by atoms with van der Waals surface area (Å²) in [7, 11) is 1.41. The van der Waals surface area contributed by atoms with Gasteiger partial charge in [0.25, 0.3) is 0 Å². The van der Waals surface area contributed by atoms with Crippen LogP contribution in [0.3, 0.4) is 0 Å². The molecule has 1 aromatic carbocycles. The van der Waals surface area contributed by atoms with E-state index in [2.05, 4.69) is 10.1 Å². The Hall–Kier alpha value is -3.34. The molecule has 2 aromatic heterocycles. The van der Waals surface area contributed by atoms with Gasteiger partial charge in [-0.1, -0.05) is 0 Å². The van der Waals surface area contributed by atoms with Crippen molar-refractivity contribution in [1.29, 1.82) is 5.26 Å². The molecule has 0 radical (unpaired) electrons. The summed E-state index contributed by atoms with van der Waals surface area (Å²) in [6, 6.07) is 5.03. The van der Waals surface area contributed by atoms with Crippen molar-refractivity contribution in [2.24, 2.45) is 0 Å². The summed E-state index contributed by atoms with van der Waals surface area (Å²) in [5.74, 6) is -1.63. The number of fused-ring (bicyclic) bond motifs is 1. The van der Waals surface area contributed by atoms with Crippen LogP contribution in [0.4, 0.5) is 14.5 Å². The lowest BCUT2D eigenvalue weighted by Gasteiger charge is -2.19. The SMILES string of the molecule is Cc1nc2c(C#N)cnn2c(C)c1CCC(=O)N(C)c1cc(F)ccc1F. The van der Waals surface area contributed by atoms with Crippen molar-refractivity contribution in [2.45, 2.75) is 26.7 Å². The molecule has 0 aliphatic rings. The summed E-state index contributed by atoms with van der Waals surface area (Å²) in [5.41, 5.74) is 3.06. The molecule has 3 rings (SSSR count). The Labute approximate surface area is 154 Å². The maximum atomic E-state index is 13.9. The lowest BCUT2D eigenvalue weighted by atomic mass is 10.1. The second-order valence-electron chi connectivity index (χ2n) is 6.22. The number of rotatable bonds is 4. The third kappa shape index (κ3) is 3.36. The van der Waals surface area contributed by atoms with Gasteiger partial charge in [0.15, 0.2) is 5.65 Å². The molecule has 0 N–H and O–H groups in total. The zero-order chi connectivity index (χ0) is 19.7. The van der Waals surface area contributed by atoms with E-state index in [-0.39, 0.29) is 18.0 Å². The summed E-state index contributed by atoms with van der Waals surface area (Å²) in [5, 5.41) is 13.3. The first-order chi connectivity index (χ1) is 12.8. The number of nitrogens with zero attached hydrogens (tertiary/aromatic N) is 5. The van der Waals surface area contributed by atoms with Gasteiger partial charge < -0.3 is 4.90 Å². The fraction of sp³-hybridized carbons (Fsp3) is 0.263. The molecule has 0 atom stereocenters. The molecule has 0 saturated heterocycles. The van der Waals surface area contributed by atoms with E-state index in [1.807, 2.05) is 13.0 Å². The lowest BCUT2D eigenvalue weighted by Crippen LogP contribution is -2.27. The Bertz CT molecular complexity index is 1080. The predicted molar refractivity (Wildman–Crippen MR) is 95.3 cm³/mol. The molecule has 6 nitrogen and oxygen atoms in total. The van der Waals surface area contributed by atoms with E-state index in [0.717, 1.165) is 34.4 Å². The summed E-state index contributed by atoms with van der Waals surface area (Å²) < 4.78 is 28.8. The number of anilines is 1. The fourth-order valence-electron chi connectivity index (χ4n) is 3.03. The van der Waals surface area contributed by atoms with E-state index >= 15 is 0 Å². The summed E-state index contributed by atoms with van der Waals surface area (Å²) in [4.78, 5) is 18.0. The van der Waals surface area contributed by atoms with Crippen LogP contribution in [-0.2, 0) is 11.2 Å². The third-order valence-corrected chi connectivity index (χ3v) is 4.56. The van der Waals surface area contributed by atoms with Crippen LogP contribution in [0.1, 0.15) is 28.9 Å². The average Bonchev–Trinajstić information content (AvgIpc) is 3.05. The fourth-order valence-corrected chi connectivity index (χ4v) is 3.03. The van der Waals surface area contributed by atoms with E-state index in [1.54, 1.807) is 11.4 Å². The van der Waals surface area contributed by atoms with Crippen molar-refractivity contribution in [2.75, 3.05) is 11.9 Å². The molecule has 0 unspecified atom stereocenters. The minimum Gasteiger partial charge on any atom is -0.313 e. The van der Waals surface area contributed by atoms with Gasteiger partial charge in [-0.3, -0.25) is 4.79 Å². The van der Waals surface area contributed by atoms with Crippen molar-refractivity contribution in [1.82, 2.24) is 14.6 Å². The summed E-state index contributed by atoms with van der Waals surface area (Å²) in [6.07, 6.45) is 1.90.